The first-order valence-electron chi connectivity index (χ1n) is 8.93. The molecule has 2 N–H and O–H groups in total. The quantitative estimate of drug-likeness (QED) is 0.411. The molecule has 1 amide bonds. The number of nitrogens with one attached hydrogen (secondary N) is 2. The molecule has 0 spiro atoms. The molecular formula is C17H34N4O. The Hall–Kier alpha value is -1.26. The molecule has 1 aliphatic heterocycles. The van der Waals surface area contributed by atoms with Crippen molar-refractivity contribution >= 4 is 11.9 Å². The molecule has 0 bridgehead atoms. The summed E-state index contributed by atoms with van der Waals surface area (Å²) < 4.78 is 0. The Balaban J connectivity index is 2.16. The van der Waals surface area contributed by atoms with E-state index in [0.29, 0.717) is 19.0 Å². The zero-order valence-corrected chi connectivity index (χ0v) is 14.7. The molecule has 1 rings (SSSR count). The largest absolute Gasteiger partial charge is 0.356 e. The fourth-order valence-corrected chi connectivity index (χ4v) is 2.88. The van der Waals surface area contributed by atoms with E-state index in [2.05, 4.69) is 29.5 Å². The van der Waals surface area contributed by atoms with E-state index in [1.165, 1.54) is 32.1 Å². The molecule has 0 aromatic heterocycles. The molecule has 0 radical (unpaired) electrons. The van der Waals surface area contributed by atoms with Crippen LogP contribution >= 0.6 is 0 Å². The Bertz CT molecular complexity index is 344. The zero-order valence-electron chi connectivity index (χ0n) is 14.7. The summed E-state index contributed by atoms with van der Waals surface area (Å²) >= 11 is 0. The van der Waals surface area contributed by atoms with Crippen molar-refractivity contribution in [2.24, 2.45) is 4.99 Å². The normalized spacial score (nSPS) is 19.1. The van der Waals surface area contributed by atoms with E-state index in [-0.39, 0.29) is 5.91 Å². The van der Waals surface area contributed by atoms with Crippen LogP contribution in [-0.4, -0.2) is 49.5 Å². The molecule has 1 heterocycles. The Morgan fingerprint density at radius 1 is 1.18 bits per heavy atom. The number of carbonyl (C=O) groups excluding carboxylic acids is 1. The summed E-state index contributed by atoms with van der Waals surface area (Å²) in [6.07, 6.45) is 9.04. The maximum atomic E-state index is 12.2. The first-order chi connectivity index (χ1) is 10.7. The lowest BCUT2D eigenvalue weighted by Crippen LogP contribution is -2.44. The monoisotopic (exact) mass is 310 g/mol. The summed E-state index contributed by atoms with van der Waals surface area (Å²) in [7, 11) is 1.77. The Morgan fingerprint density at radius 3 is 2.64 bits per heavy atom. The summed E-state index contributed by atoms with van der Waals surface area (Å²) in [5.74, 6) is 1.06. The molecule has 1 unspecified atom stereocenters. The van der Waals surface area contributed by atoms with Crippen molar-refractivity contribution < 1.29 is 4.79 Å². The molecule has 0 saturated carbocycles. The third kappa shape index (κ3) is 7.14. The topological polar surface area (TPSA) is 56.7 Å². The van der Waals surface area contributed by atoms with E-state index >= 15 is 0 Å². The van der Waals surface area contributed by atoms with Crippen LogP contribution in [0.1, 0.15) is 65.2 Å². The van der Waals surface area contributed by atoms with Gasteiger partial charge in [0.15, 0.2) is 5.96 Å². The number of guanidine groups is 1. The number of nitrogens with zero attached hydrogens (tertiary/aromatic N) is 2. The number of piperidine rings is 1. The number of aliphatic imine (C=N–C) groups is 1. The van der Waals surface area contributed by atoms with Gasteiger partial charge in [-0.1, -0.05) is 26.2 Å². The van der Waals surface area contributed by atoms with Gasteiger partial charge in [0.1, 0.15) is 0 Å². The molecule has 5 nitrogen and oxygen atoms in total. The van der Waals surface area contributed by atoms with Crippen LogP contribution in [0.4, 0.5) is 0 Å². The molecule has 0 aliphatic carbocycles. The van der Waals surface area contributed by atoms with Gasteiger partial charge in [0.2, 0.25) is 5.91 Å². The SMILES string of the molecule is CCCCCCNC(=NC)NCCC(=O)N1CCCCC1C. The van der Waals surface area contributed by atoms with Gasteiger partial charge in [0.05, 0.1) is 0 Å². The van der Waals surface area contributed by atoms with Crippen LogP contribution in [0.15, 0.2) is 4.99 Å². The highest BCUT2D eigenvalue weighted by Gasteiger charge is 2.22. The standard InChI is InChI=1S/C17H34N4O/c1-4-5-6-8-12-19-17(18-3)20-13-11-16(22)21-14-9-7-10-15(21)2/h15H,4-14H2,1-3H3,(H2,18,19,20). The highest BCUT2D eigenvalue weighted by atomic mass is 16.2. The van der Waals surface area contributed by atoms with Gasteiger partial charge in [-0.3, -0.25) is 9.79 Å². The van der Waals surface area contributed by atoms with Gasteiger partial charge >= 0.3 is 0 Å². The number of rotatable bonds is 8. The molecule has 0 aromatic carbocycles. The van der Waals surface area contributed by atoms with Crippen molar-refractivity contribution in [1.82, 2.24) is 15.5 Å². The molecule has 128 valence electrons. The first kappa shape index (κ1) is 18.8. The second kappa shape index (κ2) is 11.3. The number of hydrogen-bond donors (Lipinski definition) is 2. The summed E-state index contributed by atoms with van der Waals surface area (Å²) in [5, 5.41) is 6.54. The van der Waals surface area contributed by atoms with Crippen molar-refractivity contribution in [3.63, 3.8) is 0 Å². The van der Waals surface area contributed by atoms with Crippen molar-refractivity contribution in [1.29, 1.82) is 0 Å². The number of likely N-dealkylation sites (tertiary alicyclic amines) is 1. The lowest BCUT2D eigenvalue weighted by molar-refractivity contribution is -0.134. The Morgan fingerprint density at radius 2 is 1.95 bits per heavy atom. The maximum absolute atomic E-state index is 12.2. The summed E-state index contributed by atoms with van der Waals surface area (Å²) in [6.45, 7) is 6.88. The summed E-state index contributed by atoms with van der Waals surface area (Å²) in [4.78, 5) is 18.5. The highest BCUT2D eigenvalue weighted by Crippen LogP contribution is 2.16. The van der Waals surface area contributed by atoms with Crippen molar-refractivity contribution in [3.05, 3.63) is 0 Å². The lowest BCUT2D eigenvalue weighted by Gasteiger charge is -2.33. The van der Waals surface area contributed by atoms with Gasteiger partial charge in [-0.05, 0) is 32.6 Å². The van der Waals surface area contributed by atoms with Gasteiger partial charge in [-0.15, -0.1) is 0 Å². The second-order valence-corrected chi connectivity index (χ2v) is 6.17. The number of unbranched alkanes of at least 4 members (excludes halogenated alkanes) is 3. The fourth-order valence-electron chi connectivity index (χ4n) is 2.88. The highest BCUT2D eigenvalue weighted by molar-refractivity contribution is 5.81. The van der Waals surface area contributed by atoms with Gasteiger partial charge < -0.3 is 15.5 Å². The van der Waals surface area contributed by atoms with E-state index in [0.717, 1.165) is 31.9 Å². The third-order valence-corrected chi connectivity index (χ3v) is 4.30. The van der Waals surface area contributed by atoms with Gasteiger partial charge in [-0.25, -0.2) is 0 Å². The molecule has 1 aliphatic rings. The molecule has 1 saturated heterocycles. The van der Waals surface area contributed by atoms with Crippen LogP contribution in [0.2, 0.25) is 0 Å². The van der Waals surface area contributed by atoms with E-state index in [4.69, 9.17) is 0 Å². The first-order valence-corrected chi connectivity index (χ1v) is 8.93. The van der Waals surface area contributed by atoms with E-state index in [1.54, 1.807) is 7.05 Å². The average Bonchev–Trinajstić information content (AvgIpc) is 2.53. The van der Waals surface area contributed by atoms with Gasteiger partial charge in [0.25, 0.3) is 0 Å². The third-order valence-electron chi connectivity index (χ3n) is 4.30. The Labute approximate surface area is 135 Å². The van der Waals surface area contributed by atoms with E-state index in [9.17, 15) is 4.79 Å². The van der Waals surface area contributed by atoms with Crippen molar-refractivity contribution in [2.45, 2.75) is 71.3 Å². The van der Waals surface area contributed by atoms with E-state index in [1.807, 2.05) is 4.90 Å². The molecule has 1 atom stereocenters. The van der Waals surface area contributed by atoms with Crippen LogP contribution in [-0.2, 0) is 4.79 Å². The minimum absolute atomic E-state index is 0.262. The number of carbonyl (C=O) groups is 1. The minimum atomic E-state index is 0.262. The predicted octanol–water partition coefficient (Wildman–Crippen LogP) is 2.52. The van der Waals surface area contributed by atoms with Crippen molar-refractivity contribution in [3.8, 4) is 0 Å². The van der Waals surface area contributed by atoms with Gasteiger partial charge in [0, 0.05) is 39.1 Å². The fraction of sp³-hybridized carbons (Fsp3) is 0.882. The molecule has 1 fully saturated rings. The van der Waals surface area contributed by atoms with Crippen LogP contribution in [0.3, 0.4) is 0 Å². The predicted molar refractivity (Wildman–Crippen MR) is 93.1 cm³/mol. The zero-order chi connectivity index (χ0) is 16.2. The maximum Gasteiger partial charge on any atom is 0.224 e. The van der Waals surface area contributed by atoms with Crippen LogP contribution < -0.4 is 10.6 Å². The molecule has 0 aromatic rings. The van der Waals surface area contributed by atoms with Crippen molar-refractivity contribution in [2.75, 3.05) is 26.7 Å². The second-order valence-electron chi connectivity index (χ2n) is 6.17. The molecular weight excluding hydrogens is 276 g/mol. The number of hydrogen-bond acceptors (Lipinski definition) is 2. The smallest absolute Gasteiger partial charge is 0.224 e. The minimum Gasteiger partial charge on any atom is -0.356 e. The molecule has 5 heteroatoms. The van der Waals surface area contributed by atoms with E-state index < -0.39 is 0 Å². The van der Waals surface area contributed by atoms with Crippen LogP contribution in [0.5, 0.6) is 0 Å². The number of amides is 1. The van der Waals surface area contributed by atoms with Crippen LogP contribution in [0.25, 0.3) is 0 Å². The molecule has 22 heavy (non-hydrogen) atoms. The lowest BCUT2D eigenvalue weighted by atomic mass is 10.0. The summed E-state index contributed by atoms with van der Waals surface area (Å²) in [6, 6.07) is 0.400. The average molecular weight is 310 g/mol. The summed E-state index contributed by atoms with van der Waals surface area (Å²) in [5.41, 5.74) is 0. The Kier molecular flexibility index (Phi) is 9.67. The van der Waals surface area contributed by atoms with Gasteiger partial charge in [-0.2, -0.15) is 0 Å². The van der Waals surface area contributed by atoms with Crippen LogP contribution in [0, 0.1) is 0 Å².